The molecular weight excluding hydrogens is 123 g/mol. The van der Waals surface area contributed by atoms with E-state index in [1.165, 1.54) is 12.7 Å². The molecule has 0 radical (unpaired) electrons. The van der Waals surface area contributed by atoms with Crippen LogP contribution in [0.2, 0.25) is 13.1 Å². The molecule has 0 saturated heterocycles. The van der Waals surface area contributed by atoms with Crippen LogP contribution in [-0.2, 0) is 0 Å². The highest BCUT2D eigenvalue weighted by molar-refractivity contribution is 6.55. The first-order valence-corrected chi connectivity index (χ1v) is 3.82. The fourth-order valence-electron chi connectivity index (χ4n) is 1.10. The number of hydrogen-bond donors (Lipinski definition) is 0. The van der Waals surface area contributed by atoms with Gasteiger partial charge >= 0.3 is 0 Å². The van der Waals surface area contributed by atoms with Gasteiger partial charge in [0.2, 0.25) is 0 Å². The van der Waals surface area contributed by atoms with Crippen molar-refractivity contribution in [3.05, 3.63) is 18.7 Å². The summed E-state index contributed by atoms with van der Waals surface area (Å²) < 4.78 is 2.14. The van der Waals surface area contributed by atoms with Crippen LogP contribution in [0.25, 0.3) is 0 Å². The van der Waals surface area contributed by atoms with Crippen LogP contribution in [0.3, 0.4) is 0 Å². The smallest absolute Gasteiger partial charge is 0.257 e. The third kappa shape index (κ3) is 1.63. The van der Waals surface area contributed by atoms with E-state index in [1.807, 2.05) is 18.7 Å². The van der Waals surface area contributed by atoms with Crippen LogP contribution in [0.1, 0.15) is 13.3 Å². The summed E-state index contributed by atoms with van der Waals surface area (Å²) >= 11 is 0. The van der Waals surface area contributed by atoms with Crippen molar-refractivity contribution in [2.75, 3.05) is 0 Å². The van der Waals surface area contributed by atoms with E-state index in [2.05, 4.69) is 23.2 Å². The molecular formula is C7H13BN2. The lowest BCUT2D eigenvalue weighted by Crippen LogP contribution is -2.17. The van der Waals surface area contributed by atoms with Crippen LogP contribution < -0.4 is 0 Å². The number of hydrogen-bond acceptors (Lipinski definition) is 1. The van der Waals surface area contributed by atoms with Gasteiger partial charge in [-0.3, -0.25) is 0 Å². The summed E-state index contributed by atoms with van der Waals surface area (Å²) in [5.74, 6) is 0. The molecule has 0 aliphatic carbocycles. The van der Waals surface area contributed by atoms with Gasteiger partial charge in [-0.1, -0.05) is 26.5 Å². The molecule has 3 heteroatoms. The molecule has 0 fully saturated rings. The van der Waals surface area contributed by atoms with Crippen LogP contribution in [0.4, 0.5) is 0 Å². The summed E-state index contributed by atoms with van der Waals surface area (Å²) in [7, 11) is 0. The van der Waals surface area contributed by atoms with Gasteiger partial charge in [-0.25, -0.2) is 4.98 Å². The lowest BCUT2D eigenvalue weighted by Gasteiger charge is -2.05. The zero-order chi connectivity index (χ0) is 7.40. The average Bonchev–Trinajstić information content (AvgIpc) is 2.38. The Labute approximate surface area is 62.4 Å². The molecule has 54 valence electrons. The van der Waals surface area contributed by atoms with Gasteiger partial charge < -0.3 is 4.48 Å². The Morgan fingerprint density at radius 1 is 1.60 bits per heavy atom. The molecule has 10 heavy (non-hydrogen) atoms. The number of aromatic nitrogens is 2. The predicted octanol–water partition coefficient (Wildman–Crippen LogP) is 1.76. The Hall–Kier alpha value is -0.725. The van der Waals surface area contributed by atoms with E-state index in [0.717, 1.165) is 0 Å². The average molecular weight is 136 g/mol. The second-order valence-electron chi connectivity index (χ2n) is 2.65. The van der Waals surface area contributed by atoms with Gasteiger partial charge in [-0.2, -0.15) is 0 Å². The zero-order valence-electron chi connectivity index (χ0n) is 6.62. The lowest BCUT2D eigenvalue weighted by molar-refractivity contribution is 1.02. The Balaban J connectivity index is 2.50. The van der Waals surface area contributed by atoms with Crippen molar-refractivity contribution in [2.24, 2.45) is 0 Å². The zero-order valence-corrected chi connectivity index (χ0v) is 6.62. The highest BCUT2D eigenvalue weighted by Gasteiger charge is 2.05. The monoisotopic (exact) mass is 136 g/mol. The summed E-state index contributed by atoms with van der Waals surface area (Å²) in [5, 5.41) is 0. The molecule has 1 aromatic heterocycles. The molecule has 1 aromatic rings. The third-order valence-corrected chi connectivity index (χ3v) is 1.74. The Morgan fingerprint density at radius 3 is 2.90 bits per heavy atom. The number of imidazole rings is 1. The van der Waals surface area contributed by atoms with Crippen LogP contribution >= 0.6 is 0 Å². The van der Waals surface area contributed by atoms with Crippen molar-refractivity contribution in [1.82, 2.24) is 9.46 Å². The van der Waals surface area contributed by atoms with E-state index < -0.39 is 0 Å². The minimum Gasteiger partial charge on any atom is -0.382 e. The van der Waals surface area contributed by atoms with E-state index in [-0.39, 0.29) is 0 Å². The molecule has 1 rings (SSSR count). The molecule has 0 aliphatic heterocycles. The highest BCUT2D eigenvalue weighted by atomic mass is 15.0. The molecule has 0 spiro atoms. The normalized spacial score (nSPS) is 9.80. The van der Waals surface area contributed by atoms with Crippen LogP contribution in [0.15, 0.2) is 18.7 Å². The van der Waals surface area contributed by atoms with Gasteiger partial charge in [0.1, 0.15) is 0 Å². The first kappa shape index (κ1) is 7.38. The van der Waals surface area contributed by atoms with Gasteiger partial charge in [0.05, 0.1) is 6.33 Å². The molecule has 0 aromatic carbocycles. The van der Waals surface area contributed by atoms with Crippen molar-refractivity contribution in [3.8, 4) is 0 Å². The number of nitrogens with zero attached hydrogens (tertiary/aromatic N) is 2. The molecule has 0 atom stereocenters. The highest BCUT2D eigenvalue weighted by Crippen LogP contribution is 1.99. The molecule has 0 aliphatic rings. The van der Waals surface area contributed by atoms with Gasteiger partial charge in [0, 0.05) is 12.4 Å². The second kappa shape index (κ2) is 3.45. The van der Waals surface area contributed by atoms with Crippen molar-refractivity contribution in [3.63, 3.8) is 0 Å². The standard InChI is InChI=1S/C7H13BN2/c1-3-4-8(2)10-6-5-9-7-10/h5-7H,3-4H2,1-2H3. The lowest BCUT2D eigenvalue weighted by atomic mass is 9.61. The summed E-state index contributed by atoms with van der Waals surface area (Å²) in [4.78, 5) is 3.99. The van der Waals surface area contributed by atoms with E-state index in [4.69, 9.17) is 0 Å². The van der Waals surface area contributed by atoms with E-state index in [1.54, 1.807) is 0 Å². The quantitative estimate of drug-likeness (QED) is 0.579. The molecule has 2 nitrogen and oxygen atoms in total. The van der Waals surface area contributed by atoms with E-state index >= 15 is 0 Å². The Kier molecular flexibility index (Phi) is 2.54. The maximum atomic E-state index is 3.99. The predicted molar refractivity (Wildman–Crippen MR) is 44.3 cm³/mol. The largest absolute Gasteiger partial charge is 0.382 e. The van der Waals surface area contributed by atoms with Gasteiger partial charge in [0.15, 0.2) is 0 Å². The topological polar surface area (TPSA) is 17.8 Å². The second-order valence-corrected chi connectivity index (χ2v) is 2.65. The van der Waals surface area contributed by atoms with E-state index in [0.29, 0.717) is 6.85 Å². The van der Waals surface area contributed by atoms with Crippen molar-refractivity contribution in [1.29, 1.82) is 0 Å². The maximum absolute atomic E-state index is 3.99. The molecule has 0 unspecified atom stereocenters. The van der Waals surface area contributed by atoms with E-state index in [9.17, 15) is 0 Å². The minimum absolute atomic E-state index is 0.604. The van der Waals surface area contributed by atoms with Gasteiger partial charge in [-0.05, 0) is 0 Å². The number of rotatable bonds is 3. The fraction of sp³-hybridized carbons (Fsp3) is 0.571. The van der Waals surface area contributed by atoms with Crippen LogP contribution in [0, 0.1) is 0 Å². The first-order chi connectivity index (χ1) is 4.84. The molecule has 0 saturated carbocycles. The maximum Gasteiger partial charge on any atom is 0.257 e. The first-order valence-electron chi connectivity index (χ1n) is 3.82. The molecule has 0 N–H and O–H groups in total. The van der Waals surface area contributed by atoms with Crippen molar-refractivity contribution in [2.45, 2.75) is 26.5 Å². The summed E-state index contributed by atoms with van der Waals surface area (Å²) in [6.07, 6.45) is 8.18. The van der Waals surface area contributed by atoms with Crippen molar-refractivity contribution >= 4 is 6.85 Å². The molecule has 1 heterocycles. The Bertz CT molecular complexity index is 172. The summed E-state index contributed by atoms with van der Waals surface area (Å²) in [5.41, 5.74) is 0. The van der Waals surface area contributed by atoms with Gasteiger partial charge in [0.25, 0.3) is 6.85 Å². The van der Waals surface area contributed by atoms with Crippen molar-refractivity contribution < 1.29 is 0 Å². The molecule has 0 bridgehead atoms. The SMILES string of the molecule is CCCB(C)n1ccnc1. The molecule has 0 amide bonds. The van der Waals surface area contributed by atoms with Gasteiger partial charge in [-0.15, -0.1) is 0 Å². The summed E-state index contributed by atoms with van der Waals surface area (Å²) in [6.45, 7) is 5.02. The van der Waals surface area contributed by atoms with Crippen LogP contribution in [-0.4, -0.2) is 16.3 Å². The third-order valence-electron chi connectivity index (χ3n) is 1.74. The Morgan fingerprint density at radius 2 is 2.40 bits per heavy atom. The minimum atomic E-state index is 0.604. The fourth-order valence-corrected chi connectivity index (χ4v) is 1.10. The summed E-state index contributed by atoms with van der Waals surface area (Å²) in [6, 6.07) is 0. The van der Waals surface area contributed by atoms with Crippen LogP contribution in [0.5, 0.6) is 0 Å².